The van der Waals surface area contributed by atoms with Gasteiger partial charge < -0.3 is 4.74 Å². The molecule has 0 fully saturated rings. The molecule has 3 heteroatoms. The minimum atomic E-state index is -0.262. The molecule has 2 aromatic carbocycles. The normalized spacial score (nSPS) is 14.5. The molecule has 22 heavy (non-hydrogen) atoms. The van der Waals surface area contributed by atoms with Crippen molar-refractivity contribution in [2.45, 2.75) is 32.8 Å². The first-order valence-electron chi connectivity index (χ1n) is 7.50. The molecule has 0 saturated heterocycles. The summed E-state index contributed by atoms with van der Waals surface area (Å²) < 4.78 is 19.2. The Hall–Kier alpha value is -1.80. The molecule has 0 bridgehead atoms. The average Bonchev–Trinajstić information content (AvgIpc) is 2.93. The van der Waals surface area contributed by atoms with Crippen LogP contribution >= 0.6 is 11.6 Å². The quantitative estimate of drug-likeness (QED) is 0.670. The van der Waals surface area contributed by atoms with Crippen molar-refractivity contribution in [3.63, 3.8) is 0 Å². The molecule has 0 N–H and O–H groups in total. The number of ether oxygens (including phenoxy) is 1. The highest BCUT2D eigenvalue weighted by molar-refractivity contribution is 6.32. The van der Waals surface area contributed by atoms with Crippen molar-refractivity contribution >= 4 is 17.2 Å². The molecule has 114 valence electrons. The van der Waals surface area contributed by atoms with Crippen LogP contribution < -0.4 is 4.74 Å². The van der Waals surface area contributed by atoms with Crippen molar-refractivity contribution < 1.29 is 9.13 Å². The van der Waals surface area contributed by atoms with Crippen molar-refractivity contribution in [2.24, 2.45) is 0 Å². The van der Waals surface area contributed by atoms with Gasteiger partial charge in [0, 0.05) is 5.56 Å². The predicted octanol–water partition coefficient (Wildman–Crippen LogP) is 6.02. The van der Waals surface area contributed by atoms with Gasteiger partial charge in [-0.2, -0.15) is 0 Å². The molecule has 3 rings (SSSR count). The molecular weight excluding hydrogens is 299 g/mol. The first-order valence-corrected chi connectivity index (χ1v) is 7.87. The van der Waals surface area contributed by atoms with E-state index in [9.17, 15) is 4.39 Å². The fourth-order valence-electron chi connectivity index (χ4n) is 2.86. The predicted molar refractivity (Wildman–Crippen MR) is 88.6 cm³/mol. The maximum absolute atomic E-state index is 13.6. The third-order valence-electron chi connectivity index (χ3n) is 4.12. The van der Waals surface area contributed by atoms with Crippen molar-refractivity contribution in [1.82, 2.24) is 0 Å². The van der Waals surface area contributed by atoms with E-state index in [0.29, 0.717) is 16.3 Å². The summed E-state index contributed by atoms with van der Waals surface area (Å²) in [5.74, 6) is 0.326. The zero-order valence-corrected chi connectivity index (χ0v) is 13.3. The molecule has 1 nitrogen and oxygen atoms in total. The third kappa shape index (κ3) is 3.17. The molecular formula is C19H18ClFO. The summed E-state index contributed by atoms with van der Waals surface area (Å²) in [6.45, 7) is 2.35. The lowest BCUT2D eigenvalue weighted by Crippen LogP contribution is -1.99. The maximum atomic E-state index is 13.6. The molecule has 0 unspecified atom stereocenters. The van der Waals surface area contributed by atoms with Gasteiger partial charge >= 0.3 is 0 Å². The molecule has 1 aliphatic carbocycles. The third-order valence-corrected chi connectivity index (χ3v) is 4.41. The Morgan fingerprint density at radius 2 is 1.95 bits per heavy atom. The summed E-state index contributed by atoms with van der Waals surface area (Å²) in [7, 11) is 0. The van der Waals surface area contributed by atoms with E-state index in [2.05, 4.69) is 6.92 Å². The standard InChI is InChI=1S/C19H18ClFO/c1-13-5-4-7-16(13)14-9-10-19(17(20)11-14)22-12-15-6-2-3-8-18(15)21/h2-3,6,8-11H,4-5,7,12H2,1H3. The van der Waals surface area contributed by atoms with Gasteiger partial charge in [0.05, 0.1) is 5.02 Å². The second-order valence-corrected chi connectivity index (χ2v) is 6.04. The summed E-state index contributed by atoms with van der Waals surface area (Å²) in [6, 6.07) is 12.5. The Morgan fingerprint density at radius 3 is 2.64 bits per heavy atom. The number of hydrogen-bond acceptors (Lipinski definition) is 1. The minimum Gasteiger partial charge on any atom is -0.487 e. The largest absolute Gasteiger partial charge is 0.487 e. The van der Waals surface area contributed by atoms with Crippen LogP contribution in [0.3, 0.4) is 0 Å². The molecule has 2 aromatic rings. The molecule has 0 aromatic heterocycles. The highest BCUT2D eigenvalue weighted by Gasteiger charge is 2.14. The summed E-state index contributed by atoms with van der Waals surface area (Å²) in [6.07, 6.45) is 3.49. The van der Waals surface area contributed by atoms with E-state index in [4.69, 9.17) is 16.3 Å². The van der Waals surface area contributed by atoms with Gasteiger partial charge in [0.2, 0.25) is 0 Å². The second kappa shape index (κ2) is 6.53. The topological polar surface area (TPSA) is 9.23 Å². The minimum absolute atomic E-state index is 0.174. The number of benzene rings is 2. The lowest BCUT2D eigenvalue weighted by Gasteiger charge is -2.11. The lowest BCUT2D eigenvalue weighted by atomic mass is 10.0. The smallest absolute Gasteiger partial charge is 0.138 e. The Morgan fingerprint density at radius 1 is 1.14 bits per heavy atom. The van der Waals surface area contributed by atoms with Gasteiger partial charge in [-0.25, -0.2) is 4.39 Å². The zero-order valence-electron chi connectivity index (χ0n) is 12.5. The molecule has 1 aliphatic rings. The number of halogens is 2. The van der Waals surface area contributed by atoms with Gasteiger partial charge in [-0.05, 0) is 55.5 Å². The van der Waals surface area contributed by atoms with Crippen LogP contribution in [0.1, 0.15) is 37.3 Å². The Balaban J connectivity index is 1.76. The average molecular weight is 317 g/mol. The molecule has 0 spiro atoms. The second-order valence-electron chi connectivity index (χ2n) is 5.64. The number of allylic oxidation sites excluding steroid dienone is 2. The summed E-state index contributed by atoms with van der Waals surface area (Å²) >= 11 is 6.32. The molecule has 0 atom stereocenters. The first-order chi connectivity index (χ1) is 10.6. The fraction of sp³-hybridized carbons (Fsp3) is 0.263. The SMILES string of the molecule is CC1=C(c2ccc(OCc3ccccc3F)c(Cl)c2)CCC1. The number of hydrogen-bond donors (Lipinski definition) is 0. The van der Waals surface area contributed by atoms with Gasteiger partial charge in [0.25, 0.3) is 0 Å². The van der Waals surface area contributed by atoms with E-state index in [1.54, 1.807) is 18.2 Å². The van der Waals surface area contributed by atoms with Crippen molar-refractivity contribution in [1.29, 1.82) is 0 Å². The monoisotopic (exact) mass is 316 g/mol. The molecule has 0 radical (unpaired) electrons. The van der Waals surface area contributed by atoms with Crippen LogP contribution in [0.2, 0.25) is 5.02 Å². The molecule has 0 amide bonds. The van der Waals surface area contributed by atoms with E-state index in [-0.39, 0.29) is 12.4 Å². The summed E-state index contributed by atoms with van der Waals surface area (Å²) in [4.78, 5) is 0. The summed E-state index contributed by atoms with van der Waals surface area (Å²) in [5, 5.41) is 0.570. The van der Waals surface area contributed by atoms with Crippen LogP contribution in [-0.4, -0.2) is 0 Å². The van der Waals surface area contributed by atoms with E-state index >= 15 is 0 Å². The molecule has 0 saturated carbocycles. The Bertz CT molecular complexity index is 721. The van der Waals surface area contributed by atoms with Crippen LogP contribution in [0.5, 0.6) is 5.75 Å². The van der Waals surface area contributed by atoms with E-state index in [1.807, 2.05) is 18.2 Å². The van der Waals surface area contributed by atoms with E-state index in [0.717, 1.165) is 6.42 Å². The Labute approximate surface area is 135 Å². The number of rotatable bonds is 4. The van der Waals surface area contributed by atoms with E-state index < -0.39 is 0 Å². The van der Waals surface area contributed by atoms with Gasteiger partial charge in [0.1, 0.15) is 18.2 Å². The van der Waals surface area contributed by atoms with Crippen molar-refractivity contribution in [3.05, 3.63) is 70.0 Å². The van der Waals surface area contributed by atoms with Crippen LogP contribution in [0.15, 0.2) is 48.0 Å². The maximum Gasteiger partial charge on any atom is 0.138 e. The van der Waals surface area contributed by atoms with Crippen LogP contribution in [0, 0.1) is 5.82 Å². The molecule has 0 heterocycles. The van der Waals surface area contributed by atoms with Gasteiger partial charge in [0.15, 0.2) is 0 Å². The Kier molecular flexibility index (Phi) is 4.49. The zero-order chi connectivity index (χ0) is 15.5. The van der Waals surface area contributed by atoms with Crippen LogP contribution in [0.4, 0.5) is 4.39 Å². The highest BCUT2D eigenvalue weighted by atomic mass is 35.5. The first kappa shape index (κ1) is 15.1. The van der Waals surface area contributed by atoms with Gasteiger partial charge in [-0.3, -0.25) is 0 Å². The van der Waals surface area contributed by atoms with Gasteiger partial charge in [-0.1, -0.05) is 41.4 Å². The lowest BCUT2D eigenvalue weighted by molar-refractivity contribution is 0.300. The van der Waals surface area contributed by atoms with Crippen LogP contribution in [0.25, 0.3) is 5.57 Å². The van der Waals surface area contributed by atoms with Crippen molar-refractivity contribution in [3.8, 4) is 5.75 Å². The van der Waals surface area contributed by atoms with Crippen LogP contribution in [-0.2, 0) is 6.61 Å². The van der Waals surface area contributed by atoms with Crippen molar-refractivity contribution in [2.75, 3.05) is 0 Å². The van der Waals surface area contributed by atoms with E-state index in [1.165, 1.54) is 35.6 Å². The molecule has 0 aliphatic heterocycles. The summed E-state index contributed by atoms with van der Waals surface area (Å²) in [5.41, 5.74) is 4.52. The highest BCUT2D eigenvalue weighted by Crippen LogP contribution is 2.36. The van der Waals surface area contributed by atoms with Gasteiger partial charge in [-0.15, -0.1) is 0 Å². The fourth-order valence-corrected chi connectivity index (χ4v) is 3.10.